The number of carbonyl (C=O) groups excluding carboxylic acids is 1. The van der Waals surface area contributed by atoms with E-state index in [1.165, 1.54) is 53.0 Å². The fourth-order valence-electron chi connectivity index (χ4n) is 10.1. The molecule has 416 valence electrons. The van der Waals surface area contributed by atoms with Crippen LogP contribution in [0.3, 0.4) is 0 Å². The lowest BCUT2D eigenvalue weighted by Crippen LogP contribution is -2.36. The summed E-state index contributed by atoms with van der Waals surface area (Å²) in [6, 6.07) is 25.8. The maximum absolute atomic E-state index is 13.9. The quantitative estimate of drug-likeness (QED) is 0.110. The van der Waals surface area contributed by atoms with Crippen LogP contribution in [0.25, 0.3) is 43.9 Å². The number of carboxylic acid groups (broad SMARTS) is 1. The van der Waals surface area contributed by atoms with Crippen molar-refractivity contribution in [2.75, 3.05) is 27.4 Å². The highest BCUT2D eigenvalue weighted by molar-refractivity contribution is 7.90. The van der Waals surface area contributed by atoms with E-state index in [4.69, 9.17) is 14.6 Å². The Labute approximate surface area is 454 Å². The minimum absolute atomic E-state index is 0.0261. The molecule has 4 N–H and O–H groups in total. The highest BCUT2D eigenvalue weighted by atomic mass is 32.2. The molecule has 4 aromatic carbocycles. The summed E-state index contributed by atoms with van der Waals surface area (Å²) in [5.41, 5.74) is 8.78. The highest BCUT2D eigenvalue weighted by Crippen LogP contribution is 2.29. The van der Waals surface area contributed by atoms with Gasteiger partial charge in [-0.25, -0.2) is 37.8 Å². The molecular formula is C54H62N12O11S2. The first kappa shape index (κ1) is 56.8. The van der Waals surface area contributed by atoms with Crippen LogP contribution in [0.5, 0.6) is 0 Å². The van der Waals surface area contributed by atoms with Crippen LogP contribution in [0, 0.1) is 13.8 Å². The average molecular weight is 1120 g/mol. The Hall–Kier alpha value is -8.36. The number of amides is 1. The Bertz CT molecular complexity index is 4250. The van der Waals surface area contributed by atoms with Crippen molar-refractivity contribution in [1.29, 1.82) is 0 Å². The molecule has 0 spiro atoms. The predicted molar refractivity (Wildman–Crippen MR) is 298 cm³/mol. The second kappa shape index (κ2) is 23.3. The number of ether oxygens (including phenoxy) is 2. The Morgan fingerprint density at radius 3 is 1.38 bits per heavy atom. The lowest BCUT2D eigenvalue weighted by molar-refractivity contribution is -0.138. The first-order chi connectivity index (χ1) is 37.5. The maximum Gasteiger partial charge on any atom is 0.329 e. The fourth-order valence-corrected chi connectivity index (χ4v) is 11.6. The molecule has 0 fully saturated rings. The fraction of sp³-hybridized carbons (Fsp3) is 0.296. The molecular weight excluding hydrogens is 1060 g/mol. The molecule has 2 unspecified atom stereocenters. The van der Waals surface area contributed by atoms with Crippen LogP contribution < -0.4 is 21.2 Å². The van der Waals surface area contributed by atoms with Gasteiger partial charge in [0.1, 0.15) is 0 Å². The van der Waals surface area contributed by atoms with Gasteiger partial charge < -0.3 is 32.8 Å². The number of aryl methyl sites for hydroxylation is 6. The van der Waals surface area contributed by atoms with E-state index in [1.54, 1.807) is 27.8 Å². The van der Waals surface area contributed by atoms with Crippen LogP contribution >= 0.6 is 0 Å². The van der Waals surface area contributed by atoms with Crippen LogP contribution in [0.2, 0.25) is 0 Å². The second-order valence-corrected chi connectivity index (χ2v) is 22.4. The molecule has 23 nitrogen and oxygen atoms in total. The number of nitrogens with zero attached hydrogens (tertiary/aromatic N) is 10. The highest BCUT2D eigenvalue weighted by Gasteiger charge is 2.28. The molecule has 0 aliphatic rings. The van der Waals surface area contributed by atoms with Gasteiger partial charge in [-0.15, -0.1) is 0 Å². The Kier molecular flexibility index (Phi) is 16.8. The predicted octanol–water partition coefficient (Wildman–Crippen LogP) is 4.85. The van der Waals surface area contributed by atoms with Gasteiger partial charge in [0, 0.05) is 89.0 Å². The summed E-state index contributed by atoms with van der Waals surface area (Å²) in [5.74, 6) is -1.73. The van der Waals surface area contributed by atoms with Crippen molar-refractivity contribution in [2.24, 2.45) is 33.3 Å². The van der Waals surface area contributed by atoms with E-state index in [-0.39, 0.29) is 47.5 Å². The Balaban J connectivity index is 0.000000181. The lowest BCUT2D eigenvalue weighted by atomic mass is 10.1. The van der Waals surface area contributed by atoms with Gasteiger partial charge in [-0.05, 0) is 72.5 Å². The maximum atomic E-state index is 13.9. The zero-order valence-electron chi connectivity index (χ0n) is 44.8. The molecule has 0 saturated carbocycles. The van der Waals surface area contributed by atoms with E-state index in [0.29, 0.717) is 29.6 Å². The monoisotopic (exact) mass is 1120 g/mol. The molecule has 0 radical (unpaired) electrons. The van der Waals surface area contributed by atoms with E-state index in [1.807, 2.05) is 105 Å². The molecule has 0 aliphatic heterocycles. The number of carboxylic acids is 1. The minimum Gasteiger partial charge on any atom is -0.481 e. The van der Waals surface area contributed by atoms with E-state index >= 15 is 0 Å². The van der Waals surface area contributed by atoms with Crippen molar-refractivity contribution in [1.82, 2.24) is 51.2 Å². The van der Waals surface area contributed by atoms with Crippen LogP contribution in [-0.2, 0) is 80.4 Å². The molecule has 6 heterocycles. The van der Waals surface area contributed by atoms with Crippen molar-refractivity contribution >= 4 is 75.8 Å². The normalized spacial score (nSPS) is 12.6. The number of imidazole rings is 4. The van der Waals surface area contributed by atoms with E-state index < -0.39 is 44.0 Å². The van der Waals surface area contributed by atoms with Gasteiger partial charge in [-0.1, -0.05) is 48.5 Å². The topological polar surface area (TPSA) is 279 Å². The molecule has 0 saturated heterocycles. The van der Waals surface area contributed by atoms with Crippen LogP contribution in [0.1, 0.15) is 47.2 Å². The van der Waals surface area contributed by atoms with Crippen molar-refractivity contribution in [3.8, 4) is 0 Å². The van der Waals surface area contributed by atoms with Crippen molar-refractivity contribution < 1.29 is 41.0 Å². The molecule has 79 heavy (non-hydrogen) atoms. The standard InChI is InChI=1S/C27H30N6O5S.C23H25N3O4.C4H7N3O2S/c1-18-8-7-11-23-26(18)19(13-31(23)3)14-32-21-9-5-6-10-22(21)33(27(32)35)20(16-38-4)12-24(34)29-39(36,37)25-15-30(2)17-28-25;1-15-7-6-10-20-22(15)16(12-24(20)2)13-25-18-8-4-5-9-19(18)26(23(25)29)17(14-30-3)11-21(27)28;1-7-2-4(6-3-7)10(5,8)9/h5-11,13,15,17,20H,12,14,16H2,1-4H3,(H,29,34);4-10,12,17H,11,13-14H2,1-3H3,(H,27,28);2-3H,1H3,(H2,5,8,9). The first-order valence-electron chi connectivity index (χ1n) is 24.7. The zero-order valence-corrected chi connectivity index (χ0v) is 46.5. The van der Waals surface area contributed by atoms with Gasteiger partial charge in [-0.3, -0.25) is 27.9 Å². The Morgan fingerprint density at radius 2 is 1.00 bits per heavy atom. The van der Waals surface area contributed by atoms with E-state index in [0.717, 1.165) is 49.6 Å². The number of fused-ring (bicyclic) bond motifs is 4. The van der Waals surface area contributed by atoms with Crippen LogP contribution in [0.4, 0.5) is 0 Å². The summed E-state index contributed by atoms with van der Waals surface area (Å²) in [4.78, 5) is 59.1. The minimum atomic E-state index is -4.16. The number of sulfonamides is 2. The van der Waals surface area contributed by atoms with Crippen molar-refractivity contribution in [3.63, 3.8) is 0 Å². The summed E-state index contributed by atoms with van der Waals surface area (Å²) >= 11 is 0. The molecule has 10 aromatic rings. The lowest BCUT2D eigenvalue weighted by Gasteiger charge is -2.17. The molecule has 25 heteroatoms. The SMILES string of the molecule is COCC(CC(=O)NS(=O)(=O)c1cn(C)cn1)n1c(=O)n(Cc2cn(C)c3cccc(C)c23)c2ccccc21.COCC(CC(=O)O)n1c(=O)n(Cc2cn(C)c3cccc(C)c23)c2ccccc21.Cn1cnc(S(N)(=O)=O)c1. The summed E-state index contributed by atoms with van der Waals surface area (Å²) in [7, 11) is 2.48. The average Bonchev–Trinajstić information content (AvgIpc) is 4.40. The van der Waals surface area contributed by atoms with Crippen LogP contribution in [-0.4, -0.2) is 108 Å². The van der Waals surface area contributed by atoms with Crippen molar-refractivity contribution in [3.05, 3.63) is 166 Å². The summed E-state index contributed by atoms with van der Waals surface area (Å²) < 4.78 is 72.6. The van der Waals surface area contributed by atoms with E-state index in [2.05, 4.69) is 44.5 Å². The number of rotatable bonds is 17. The number of nitrogens with one attached hydrogen (secondary N) is 1. The molecule has 1 amide bonds. The number of para-hydroxylation sites is 4. The number of aliphatic carboxylic acids is 1. The summed E-state index contributed by atoms with van der Waals surface area (Å²) in [6.07, 6.45) is 8.96. The second-order valence-electron chi connectivity index (χ2n) is 19.3. The van der Waals surface area contributed by atoms with Crippen LogP contribution in [0.15, 0.2) is 142 Å². The third kappa shape index (κ3) is 12.0. The zero-order chi connectivity index (χ0) is 57.1. The Morgan fingerprint density at radius 1 is 0.595 bits per heavy atom. The largest absolute Gasteiger partial charge is 0.481 e. The number of nitrogens with two attached hydrogens (primary N) is 1. The third-order valence-electron chi connectivity index (χ3n) is 13.5. The number of primary sulfonamides is 1. The van der Waals surface area contributed by atoms with Gasteiger partial charge in [0.2, 0.25) is 5.91 Å². The molecule has 0 bridgehead atoms. The molecule has 10 rings (SSSR count). The number of methoxy groups -OCH3 is 2. The van der Waals surface area contributed by atoms with Crippen molar-refractivity contribution in [2.45, 2.75) is 61.9 Å². The molecule has 0 aliphatic carbocycles. The number of hydrogen-bond acceptors (Lipinski definition) is 12. The number of benzene rings is 4. The first-order valence-corrected chi connectivity index (χ1v) is 27.8. The third-order valence-corrected chi connectivity index (χ3v) is 15.5. The summed E-state index contributed by atoms with van der Waals surface area (Å²) in [5, 5.41) is 16.0. The van der Waals surface area contributed by atoms with Gasteiger partial charge in [0.15, 0.2) is 10.1 Å². The molecule has 2 atom stereocenters. The van der Waals surface area contributed by atoms with Gasteiger partial charge >= 0.3 is 17.3 Å². The smallest absolute Gasteiger partial charge is 0.329 e. The number of hydrogen-bond donors (Lipinski definition) is 3. The van der Waals surface area contributed by atoms with Gasteiger partial charge in [0.25, 0.3) is 20.0 Å². The van der Waals surface area contributed by atoms with Gasteiger partial charge in [0.05, 0.1) is 86.0 Å². The van der Waals surface area contributed by atoms with E-state index in [9.17, 15) is 41.1 Å². The molecule has 6 aromatic heterocycles. The number of aromatic nitrogens is 10. The summed E-state index contributed by atoms with van der Waals surface area (Å²) in [6.45, 7) is 5.02. The number of carbonyl (C=O) groups is 2. The van der Waals surface area contributed by atoms with Gasteiger partial charge in [-0.2, -0.15) is 8.42 Å².